The minimum Gasteiger partial charge on any atom is -0.394 e. The number of benzene rings is 1. The van der Waals surface area contributed by atoms with Crippen molar-refractivity contribution in [1.29, 1.82) is 0 Å². The summed E-state index contributed by atoms with van der Waals surface area (Å²) in [6.45, 7) is -0.375. The molecule has 0 unspecified atom stereocenters. The number of thioether (sulfide) groups is 1. The Kier molecular flexibility index (Phi) is 6.86. The van der Waals surface area contributed by atoms with Gasteiger partial charge in [0, 0.05) is 22.2 Å². The first-order chi connectivity index (χ1) is 15.4. The first-order valence-corrected chi connectivity index (χ1v) is 13.8. The van der Waals surface area contributed by atoms with E-state index < -0.39 is 10.0 Å². The zero-order chi connectivity index (χ0) is 22.7. The average Bonchev–Trinajstić information content (AvgIpc) is 3.51. The van der Waals surface area contributed by atoms with Crippen LogP contribution in [-0.4, -0.2) is 48.3 Å². The highest BCUT2D eigenvalue weighted by Gasteiger charge is 2.27. The second-order valence-corrected chi connectivity index (χ2v) is 11.9. The number of aromatic nitrogens is 2. The maximum atomic E-state index is 13.2. The molecule has 4 rings (SSSR count). The van der Waals surface area contributed by atoms with Crippen LogP contribution in [-0.2, 0) is 20.6 Å². The number of anilines is 1. The lowest BCUT2D eigenvalue weighted by Gasteiger charge is -2.23. The van der Waals surface area contributed by atoms with Crippen molar-refractivity contribution in [3.63, 3.8) is 0 Å². The molecule has 4 N–H and O–H groups in total. The predicted molar refractivity (Wildman–Crippen MR) is 131 cm³/mol. The molecule has 0 radical (unpaired) electrons. The quantitative estimate of drug-likeness (QED) is 0.302. The lowest BCUT2D eigenvalue weighted by atomic mass is 10.2. The number of carbonyl (C=O) groups is 1. The third-order valence-electron chi connectivity index (χ3n) is 4.52. The number of thiophene rings is 1. The van der Waals surface area contributed by atoms with Gasteiger partial charge in [0.25, 0.3) is 10.0 Å². The lowest BCUT2D eigenvalue weighted by Crippen LogP contribution is -2.33. The number of rotatable bonds is 10. The largest absolute Gasteiger partial charge is 0.394 e. The number of fused-ring (bicyclic) bond motifs is 1. The summed E-state index contributed by atoms with van der Waals surface area (Å²) < 4.78 is 27.9. The van der Waals surface area contributed by atoms with E-state index in [1.807, 2.05) is 12.1 Å². The fourth-order valence-corrected chi connectivity index (χ4v) is 7.51. The molecule has 0 saturated carbocycles. The number of hydrogen-bond donors (Lipinski definition) is 3. The number of aliphatic hydroxyl groups is 1. The topological polar surface area (TPSA) is 129 Å². The molecule has 0 bridgehead atoms. The van der Waals surface area contributed by atoms with Gasteiger partial charge in [-0.15, -0.1) is 34.4 Å². The van der Waals surface area contributed by atoms with Gasteiger partial charge in [-0.1, -0.05) is 18.2 Å². The minimum absolute atomic E-state index is 0.0633. The van der Waals surface area contributed by atoms with Gasteiger partial charge in [-0.2, -0.15) is 0 Å². The van der Waals surface area contributed by atoms with Crippen LogP contribution in [0, 0.1) is 0 Å². The Labute approximate surface area is 197 Å². The van der Waals surface area contributed by atoms with Gasteiger partial charge < -0.3 is 15.8 Å². The Bertz CT molecular complexity index is 1330. The summed E-state index contributed by atoms with van der Waals surface area (Å²) in [7, 11) is -3.81. The number of amides is 1. The maximum absolute atomic E-state index is 13.2. The van der Waals surface area contributed by atoms with Gasteiger partial charge in [0.2, 0.25) is 5.91 Å². The number of primary amides is 1. The van der Waals surface area contributed by atoms with Gasteiger partial charge in [-0.25, -0.2) is 13.4 Å². The molecule has 1 amide bonds. The fraction of sp³-hybridized carbons (Fsp3) is 0.200. The number of thiazole rings is 1. The van der Waals surface area contributed by atoms with Crippen molar-refractivity contribution in [3.05, 3.63) is 52.9 Å². The van der Waals surface area contributed by atoms with Gasteiger partial charge in [0.05, 0.1) is 35.8 Å². The van der Waals surface area contributed by atoms with Crippen LogP contribution in [0.25, 0.3) is 21.6 Å². The summed E-state index contributed by atoms with van der Waals surface area (Å²) in [6.07, 6.45) is 1.76. The first-order valence-electron chi connectivity index (χ1n) is 9.50. The van der Waals surface area contributed by atoms with E-state index in [2.05, 4.69) is 9.97 Å². The van der Waals surface area contributed by atoms with Crippen LogP contribution >= 0.6 is 34.4 Å². The van der Waals surface area contributed by atoms with Crippen LogP contribution in [0.4, 0.5) is 5.69 Å². The molecule has 8 nitrogen and oxygen atoms in total. The number of nitrogens with two attached hydrogens (primary N) is 1. The maximum Gasteiger partial charge on any atom is 0.273 e. The number of nitrogens with one attached hydrogen (secondary N) is 1. The summed E-state index contributed by atoms with van der Waals surface area (Å²) in [6, 6.07) is 10.6. The highest BCUT2D eigenvalue weighted by atomic mass is 32.2. The summed E-state index contributed by atoms with van der Waals surface area (Å²) in [5.41, 5.74) is 7.06. The lowest BCUT2D eigenvalue weighted by molar-refractivity contribution is -0.115. The molecule has 0 atom stereocenters. The Morgan fingerprint density at radius 3 is 2.84 bits per heavy atom. The van der Waals surface area contributed by atoms with Crippen molar-refractivity contribution < 1.29 is 18.3 Å². The van der Waals surface area contributed by atoms with Crippen molar-refractivity contribution in [1.82, 2.24) is 9.97 Å². The molecule has 0 aliphatic rings. The molecule has 0 saturated heterocycles. The molecule has 1 aromatic carbocycles. The third kappa shape index (κ3) is 4.69. The summed E-state index contributed by atoms with van der Waals surface area (Å²) in [4.78, 5) is 19.7. The Morgan fingerprint density at radius 2 is 2.12 bits per heavy atom. The summed E-state index contributed by atoms with van der Waals surface area (Å²) >= 11 is 4.06. The number of para-hydroxylation sites is 1. The fourth-order valence-electron chi connectivity index (χ4n) is 3.19. The number of carbonyl (C=O) groups excluding carboxylic acids is 1. The first kappa shape index (κ1) is 22.8. The molecule has 168 valence electrons. The average molecular weight is 509 g/mol. The molecular formula is C20H20N4O4S4. The molecule has 0 aliphatic heterocycles. The molecule has 0 aliphatic carbocycles. The van der Waals surface area contributed by atoms with E-state index in [1.54, 1.807) is 35.8 Å². The zero-order valence-electron chi connectivity index (χ0n) is 16.7. The number of aromatic amines is 1. The van der Waals surface area contributed by atoms with Gasteiger partial charge in [0.1, 0.15) is 9.22 Å². The smallest absolute Gasteiger partial charge is 0.273 e. The van der Waals surface area contributed by atoms with Gasteiger partial charge >= 0.3 is 0 Å². The van der Waals surface area contributed by atoms with Crippen LogP contribution in [0.5, 0.6) is 0 Å². The molecule has 32 heavy (non-hydrogen) atoms. The standard InChI is InChI=1S/C20H20N4O4S4/c21-17(26)12-29-11-14-10-22-20(31-14)15-9-13-3-1-4-16(19(13)23-15)24(6-7-25)32(27,28)18-5-2-8-30-18/h1-5,8-10,23,25H,6-7,11-12H2,(H2,21,26). The second-order valence-electron chi connectivity index (χ2n) is 6.75. The number of hydrogen-bond acceptors (Lipinski definition) is 8. The Balaban J connectivity index is 1.69. The Hall–Kier alpha value is -2.38. The van der Waals surface area contributed by atoms with Crippen molar-refractivity contribution in [2.75, 3.05) is 23.2 Å². The van der Waals surface area contributed by atoms with E-state index in [0.29, 0.717) is 17.0 Å². The van der Waals surface area contributed by atoms with Crippen LogP contribution in [0.15, 0.2) is 52.2 Å². The van der Waals surface area contributed by atoms with E-state index in [1.165, 1.54) is 27.4 Å². The molecule has 0 spiro atoms. The number of H-pyrrole nitrogens is 1. The second kappa shape index (κ2) is 9.63. The van der Waals surface area contributed by atoms with E-state index in [0.717, 1.165) is 32.3 Å². The molecule has 4 aromatic rings. The van der Waals surface area contributed by atoms with Gasteiger partial charge in [0.15, 0.2) is 0 Å². The van der Waals surface area contributed by atoms with E-state index >= 15 is 0 Å². The normalized spacial score (nSPS) is 11.8. The van der Waals surface area contributed by atoms with E-state index in [4.69, 9.17) is 5.73 Å². The third-order valence-corrected chi connectivity index (χ3v) is 9.92. The minimum atomic E-state index is -3.81. The van der Waals surface area contributed by atoms with Crippen LogP contribution in [0.2, 0.25) is 0 Å². The zero-order valence-corrected chi connectivity index (χ0v) is 20.0. The van der Waals surface area contributed by atoms with Gasteiger partial charge in [-0.3, -0.25) is 9.10 Å². The van der Waals surface area contributed by atoms with Crippen LogP contribution in [0.1, 0.15) is 4.88 Å². The number of aliphatic hydroxyl groups excluding tert-OH is 1. The van der Waals surface area contributed by atoms with Crippen LogP contribution in [0.3, 0.4) is 0 Å². The predicted octanol–water partition coefficient (Wildman–Crippen LogP) is 3.26. The van der Waals surface area contributed by atoms with Crippen molar-refractivity contribution in [2.24, 2.45) is 5.73 Å². The number of sulfonamides is 1. The van der Waals surface area contributed by atoms with E-state index in [9.17, 15) is 18.3 Å². The molecule has 0 fully saturated rings. The molecular weight excluding hydrogens is 489 g/mol. The van der Waals surface area contributed by atoms with E-state index in [-0.39, 0.29) is 29.0 Å². The van der Waals surface area contributed by atoms with Crippen molar-refractivity contribution in [3.8, 4) is 10.7 Å². The highest BCUT2D eigenvalue weighted by Crippen LogP contribution is 2.35. The summed E-state index contributed by atoms with van der Waals surface area (Å²) in [5.74, 6) is 0.533. The van der Waals surface area contributed by atoms with Crippen molar-refractivity contribution in [2.45, 2.75) is 9.96 Å². The molecule has 3 heterocycles. The Morgan fingerprint density at radius 1 is 1.28 bits per heavy atom. The van der Waals surface area contributed by atoms with Gasteiger partial charge in [-0.05, 0) is 23.6 Å². The molecule has 3 aromatic heterocycles. The highest BCUT2D eigenvalue weighted by molar-refractivity contribution is 7.99. The number of nitrogens with zero attached hydrogens (tertiary/aromatic N) is 2. The molecule has 12 heteroatoms. The van der Waals surface area contributed by atoms with Crippen molar-refractivity contribution >= 4 is 67.0 Å². The SMILES string of the molecule is NC(=O)CSCc1cnc(-c2cc3cccc(N(CCO)S(=O)(=O)c4cccs4)c3[nH]2)s1. The summed E-state index contributed by atoms with van der Waals surface area (Å²) in [5, 5.41) is 12.9. The van der Waals surface area contributed by atoms with Crippen LogP contribution < -0.4 is 10.0 Å². The monoisotopic (exact) mass is 508 g/mol.